The number of furan rings is 1. The van der Waals surface area contributed by atoms with E-state index in [0.29, 0.717) is 51.0 Å². The summed E-state index contributed by atoms with van der Waals surface area (Å²) in [6, 6.07) is 14.7. The number of nitriles is 1. The van der Waals surface area contributed by atoms with Crippen molar-refractivity contribution in [2.75, 3.05) is 10.6 Å². The molecule has 1 aliphatic heterocycles. The molecule has 0 bridgehead atoms. The molecule has 0 saturated carbocycles. The number of allylic oxidation sites excluding steroid dienone is 2. The summed E-state index contributed by atoms with van der Waals surface area (Å²) in [5.74, 6) is 0.684. The topological polar surface area (TPSA) is 117 Å². The first-order valence-electron chi connectivity index (χ1n) is 9.65. The van der Waals surface area contributed by atoms with E-state index in [1.165, 1.54) is 0 Å². The highest BCUT2D eigenvalue weighted by molar-refractivity contribution is 6.07. The second kappa shape index (κ2) is 7.15. The minimum Gasteiger partial charge on any atom is -0.460 e. The highest BCUT2D eigenvalue weighted by atomic mass is 16.5. The van der Waals surface area contributed by atoms with Crippen LogP contribution in [0.5, 0.6) is 0 Å². The molecular weight excluding hydrogens is 394 g/mol. The Morgan fingerprint density at radius 2 is 2.03 bits per heavy atom. The Labute approximate surface area is 177 Å². The zero-order valence-electron chi connectivity index (χ0n) is 16.8. The first-order valence-corrected chi connectivity index (χ1v) is 9.65. The van der Waals surface area contributed by atoms with Gasteiger partial charge in [-0.2, -0.15) is 5.26 Å². The monoisotopic (exact) mass is 411 g/mol. The third kappa shape index (κ3) is 3.04. The van der Waals surface area contributed by atoms with Gasteiger partial charge < -0.3 is 19.6 Å². The third-order valence-corrected chi connectivity index (χ3v) is 5.33. The zero-order valence-corrected chi connectivity index (χ0v) is 16.8. The lowest BCUT2D eigenvalue weighted by Gasteiger charge is -2.22. The quantitative estimate of drug-likeness (QED) is 0.500. The summed E-state index contributed by atoms with van der Waals surface area (Å²) >= 11 is 0. The van der Waals surface area contributed by atoms with Crippen LogP contribution in [0.25, 0.3) is 11.0 Å². The van der Waals surface area contributed by atoms with E-state index in [1.54, 1.807) is 42.6 Å². The van der Waals surface area contributed by atoms with E-state index in [4.69, 9.17) is 8.94 Å². The first-order chi connectivity index (χ1) is 15.1. The molecule has 1 aromatic carbocycles. The fraction of sp³-hybridized carbons (Fsp3) is 0.130. The Morgan fingerprint density at radius 3 is 2.81 bits per heavy atom. The predicted octanol–water partition coefficient (Wildman–Crippen LogP) is 4.73. The summed E-state index contributed by atoms with van der Waals surface area (Å²) in [6.45, 7) is 3.63. The molecule has 1 aliphatic rings. The molecule has 8 nitrogen and oxygen atoms in total. The maximum absolute atomic E-state index is 12.6. The van der Waals surface area contributed by atoms with Crippen LogP contribution in [0, 0.1) is 18.3 Å². The molecule has 0 radical (unpaired) electrons. The zero-order chi connectivity index (χ0) is 21.5. The molecule has 3 aromatic heterocycles. The third-order valence-electron chi connectivity index (χ3n) is 5.33. The van der Waals surface area contributed by atoms with Crippen LogP contribution in [0.3, 0.4) is 0 Å². The Hall–Kier alpha value is -4.38. The number of amides is 1. The van der Waals surface area contributed by atoms with Crippen LogP contribution in [0.4, 0.5) is 11.7 Å². The molecule has 4 heterocycles. The number of pyridine rings is 1. The summed E-state index contributed by atoms with van der Waals surface area (Å²) in [6.07, 6.45) is 1.57. The summed E-state index contributed by atoms with van der Waals surface area (Å²) < 4.78 is 11.5. The van der Waals surface area contributed by atoms with Gasteiger partial charge in [-0.1, -0.05) is 23.4 Å². The summed E-state index contributed by atoms with van der Waals surface area (Å²) in [5, 5.41) is 20.4. The summed E-state index contributed by atoms with van der Waals surface area (Å²) in [5.41, 5.74) is 3.69. The minimum atomic E-state index is -0.474. The molecule has 1 amide bonds. The van der Waals surface area contributed by atoms with E-state index in [2.05, 4.69) is 26.8 Å². The van der Waals surface area contributed by atoms with Crippen molar-refractivity contribution in [1.29, 1.82) is 5.26 Å². The second-order valence-corrected chi connectivity index (χ2v) is 7.26. The molecule has 1 atom stereocenters. The van der Waals surface area contributed by atoms with Crippen LogP contribution in [-0.2, 0) is 0 Å². The number of hydrogen-bond acceptors (Lipinski definition) is 7. The number of nitrogens with zero attached hydrogens (tertiary/aromatic N) is 3. The van der Waals surface area contributed by atoms with Gasteiger partial charge in [0.05, 0.1) is 34.2 Å². The van der Waals surface area contributed by atoms with Crippen molar-refractivity contribution in [2.24, 2.45) is 0 Å². The van der Waals surface area contributed by atoms with Crippen molar-refractivity contribution < 1.29 is 13.7 Å². The maximum Gasteiger partial charge on any atom is 0.256 e. The summed E-state index contributed by atoms with van der Waals surface area (Å²) in [7, 11) is 0. The van der Waals surface area contributed by atoms with Crippen LogP contribution >= 0.6 is 0 Å². The molecule has 0 spiro atoms. The minimum absolute atomic E-state index is 0.268. The van der Waals surface area contributed by atoms with Gasteiger partial charge >= 0.3 is 0 Å². The lowest BCUT2D eigenvalue weighted by molar-refractivity contribution is 0.102. The van der Waals surface area contributed by atoms with E-state index in [1.807, 2.05) is 19.9 Å². The number of hydrogen-bond donors (Lipinski definition) is 2. The van der Waals surface area contributed by atoms with Gasteiger partial charge in [-0.15, -0.1) is 0 Å². The van der Waals surface area contributed by atoms with Crippen molar-refractivity contribution in [3.05, 3.63) is 82.5 Å². The Bertz CT molecular complexity index is 1390. The van der Waals surface area contributed by atoms with Gasteiger partial charge in [-0.05, 0) is 38.1 Å². The van der Waals surface area contributed by atoms with Crippen LogP contribution in [0.2, 0.25) is 0 Å². The van der Waals surface area contributed by atoms with Crippen LogP contribution in [-0.4, -0.2) is 16.0 Å². The molecule has 152 valence electrons. The SMILES string of the molecule is CC1=C(C#N)C(c2cc3c(NC(=O)c4ccccc4)nccc3o2)c2c(C)noc2N1. The molecule has 2 N–H and O–H groups in total. The van der Waals surface area contributed by atoms with Crippen molar-refractivity contribution >= 4 is 28.6 Å². The van der Waals surface area contributed by atoms with Gasteiger partial charge in [0.1, 0.15) is 17.2 Å². The van der Waals surface area contributed by atoms with Crippen molar-refractivity contribution in [3.8, 4) is 6.07 Å². The van der Waals surface area contributed by atoms with E-state index in [0.717, 1.165) is 5.56 Å². The highest BCUT2D eigenvalue weighted by Crippen LogP contribution is 2.44. The van der Waals surface area contributed by atoms with Gasteiger partial charge in [0, 0.05) is 17.5 Å². The van der Waals surface area contributed by atoms with Crippen LogP contribution in [0.15, 0.2) is 68.9 Å². The fourth-order valence-corrected chi connectivity index (χ4v) is 3.83. The number of anilines is 2. The van der Waals surface area contributed by atoms with Gasteiger partial charge in [0.2, 0.25) is 5.88 Å². The first kappa shape index (κ1) is 18.6. The Morgan fingerprint density at radius 1 is 1.23 bits per heavy atom. The number of carbonyl (C=O) groups excluding carboxylic acids is 1. The van der Waals surface area contributed by atoms with E-state index < -0.39 is 5.92 Å². The smallest absolute Gasteiger partial charge is 0.256 e. The average Bonchev–Trinajstić information content (AvgIpc) is 3.37. The molecule has 8 heteroatoms. The largest absolute Gasteiger partial charge is 0.460 e. The molecule has 0 saturated heterocycles. The number of carbonyl (C=O) groups is 1. The summed E-state index contributed by atoms with van der Waals surface area (Å²) in [4.78, 5) is 16.9. The Kier molecular flexibility index (Phi) is 4.30. The van der Waals surface area contributed by atoms with Gasteiger partial charge in [0.15, 0.2) is 0 Å². The molecule has 0 aliphatic carbocycles. The van der Waals surface area contributed by atoms with Crippen LogP contribution < -0.4 is 10.6 Å². The molecule has 5 rings (SSSR count). The number of aryl methyl sites for hydroxylation is 1. The van der Waals surface area contributed by atoms with E-state index >= 15 is 0 Å². The number of aromatic nitrogens is 2. The molecule has 4 aromatic rings. The highest BCUT2D eigenvalue weighted by Gasteiger charge is 2.35. The molecular formula is C23H17N5O3. The molecule has 1 unspecified atom stereocenters. The van der Waals surface area contributed by atoms with E-state index in [-0.39, 0.29) is 5.91 Å². The fourth-order valence-electron chi connectivity index (χ4n) is 3.83. The molecule has 0 fully saturated rings. The normalized spacial score (nSPS) is 15.3. The standard InChI is InChI=1S/C23H17N5O3/c1-12-16(11-24)20(19-13(2)28-31-23(19)26-12)18-10-15-17(30-18)8-9-25-21(15)27-22(29)14-6-4-3-5-7-14/h3-10,20,26H,1-2H3,(H,25,27,29). The number of nitrogens with one attached hydrogen (secondary N) is 2. The molecule has 31 heavy (non-hydrogen) atoms. The van der Waals surface area contributed by atoms with Gasteiger partial charge in [0.25, 0.3) is 5.91 Å². The van der Waals surface area contributed by atoms with Crippen molar-refractivity contribution in [2.45, 2.75) is 19.8 Å². The number of benzene rings is 1. The van der Waals surface area contributed by atoms with Gasteiger partial charge in [-0.25, -0.2) is 4.98 Å². The van der Waals surface area contributed by atoms with Crippen molar-refractivity contribution in [3.63, 3.8) is 0 Å². The van der Waals surface area contributed by atoms with Gasteiger partial charge in [-0.3, -0.25) is 4.79 Å². The Balaban J connectivity index is 1.60. The second-order valence-electron chi connectivity index (χ2n) is 7.26. The maximum atomic E-state index is 12.6. The predicted molar refractivity (Wildman–Crippen MR) is 113 cm³/mol. The number of rotatable bonds is 3. The number of fused-ring (bicyclic) bond motifs is 2. The van der Waals surface area contributed by atoms with Crippen molar-refractivity contribution in [1.82, 2.24) is 10.1 Å². The lowest BCUT2D eigenvalue weighted by atomic mass is 9.86. The van der Waals surface area contributed by atoms with E-state index in [9.17, 15) is 10.1 Å². The lowest BCUT2D eigenvalue weighted by Crippen LogP contribution is -2.16. The van der Waals surface area contributed by atoms with Crippen LogP contribution in [0.1, 0.15) is 40.2 Å². The average molecular weight is 411 g/mol.